The molecule has 0 atom stereocenters. The van der Waals surface area contributed by atoms with Gasteiger partial charge in [0.1, 0.15) is 6.33 Å². The Morgan fingerprint density at radius 1 is 1.08 bits per heavy atom. The fourth-order valence-corrected chi connectivity index (χ4v) is 3.82. The number of nitrogens with one attached hydrogen (secondary N) is 1. The van der Waals surface area contributed by atoms with E-state index in [4.69, 9.17) is 0 Å². The van der Waals surface area contributed by atoms with Crippen LogP contribution in [-0.4, -0.2) is 45.0 Å². The van der Waals surface area contributed by atoms with Crippen LogP contribution < -0.4 is 5.32 Å². The molecule has 2 amide bonds. The Morgan fingerprint density at radius 2 is 1.84 bits per heavy atom. The Balaban J connectivity index is 1.51. The number of hydrogen-bond acceptors (Lipinski definition) is 4. The maximum atomic E-state index is 12.6. The summed E-state index contributed by atoms with van der Waals surface area (Å²) in [6.45, 7) is 1.41. The number of rotatable bonds is 2. The van der Waals surface area contributed by atoms with Crippen LogP contribution in [0.2, 0.25) is 0 Å². The molecular weight excluding hydrogens is 314 g/mol. The van der Waals surface area contributed by atoms with Crippen molar-refractivity contribution in [3.05, 3.63) is 42.1 Å². The molecule has 2 aromatic heterocycles. The third kappa shape index (κ3) is 3.48. The van der Waals surface area contributed by atoms with Crippen LogP contribution in [0.1, 0.15) is 36.9 Å². The van der Waals surface area contributed by atoms with Gasteiger partial charge in [0.15, 0.2) is 0 Å². The summed E-state index contributed by atoms with van der Waals surface area (Å²) in [6.07, 6.45) is 11.4. The van der Waals surface area contributed by atoms with E-state index in [2.05, 4.69) is 20.3 Å². The number of fused-ring (bicyclic) bond motifs is 1. The average Bonchev–Trinajstić information content (AvgIpc) is 3.05. The molecule has 4 rings (SSSR count). The van der Waals surface area contributed by atoms with E-state index in [1.807, 2.05) is 17.0 Å². The highest BCUT2D eigenvalue weighted by Crippen LogP contribution is 2.25. The zero-order valence-corrected chi connectivity index (χ0v) is 14.3. The van der Waals surface area contributed by atoms with E-state index in [1.165, 1.54) is 12.8 Å². The quantitative estimate of drug-likeness (QED) is 0.914. The second kappa shape index (κ2) is 7.17. The highest BCUT2D eigenvalue weighted by Gasteiger charge is 2.24. The van der Waals surface area contributed by atoms with Gasteiger partial charge in [0.05, 0.1) is 5.69 Å². The molecule has 3 heterocycles. The summed E-state index contributed by atoms with van der Waals surface area (Å²) in [6, 6.07) is 4.36. The average molecular weight is 337 g/mol. The van der Waals surface area contributed by atoms with E-state index in [1.54, 1.807) is 18.7 Å². The van der Waals surface area contributed by atoms with Gasteiger partial charge in [-0.1, -0.05) is 12.8 Å². The van der Waals surface area contributed by atoms with Gasteiger partial charge in [0.2, 0.25) is 0 Å². The predicted molar refractivity (Wildman–Crippen MR) is 95.0 cm³/mol. The lowest BCUT2D eigenvalue weighted by molar-refractivity contribution is 0.196. The lowest BCUT2D eigenvalue weighted by Crippen LogP contribution is -2.45. The van der Waals surface area contributed by atoms with Gasteiger partial charge >= 0.3 is 6.03 Å². The van der Waals surface area contributed by atoms with Crippen molar-refractivity contribution < 1.29 is 4.79 Å². The fourth-order valence-electron chi connectivity index (χ4n) is 3.82. The highest BCUT2D eigenvalue weighted by molar-refractivity contribution is 5.75. The van der Waals surface area contributed by atoms with Crippen LogP contribution in [0, 0.1) is 0 Å². The summed E-state index contributed by atoms with van der Waals surface area (Å²) in [5.74, 6) is 0. The van der Waals surface area contributed by atoms with Gasteiger partial charge in [0.25, 0.3) is 0 Å². The van der Waals surface area contributed by atoms with Crippen molar-refractivity contribution in [3.8, 4) is 11.3 Å². The molecule has 6 nitrogen and oxygen atoms in total. The van der Waals surface area contributed by atoms with Crippen molar-refractivity contribution >= 4 is 6.03 Å². The van der Waals surface area contributed by atoms with Crippen LogP contribution in [0.5, 0.6) is 0 Å². The molecule has 0 bridgehead atoms. The maximum Gasteiger partial charge on any atom is 0.317 e. The summed E-state index contributed by atoms with van der Waals surface area (Å²) >= 11 is 0. The van der Waals surface area contributed by atoms with E-state index in [0.29, 0.717) is 19.1 Å². The molecule has 1 saturated carbocycles. The molecule has 1 fully saturated rings. The van der Waals surface area contributed by atoms with Gasteiger partial charge < -0.3 is 10.2 Å². The number of nitrogens with zero attached hydrogens (tertiary/aromatic N) is 4. The highest BCUT2D eigenvalue weighted by atomic mass is 16.2. The third-order valence-corrected chi connectivity index (χ3v) is 5.21. The molecule has 2 aliphatic rings. The van der Waals surface area contributed by atoms with Crippen molar-refractivity contribution in [2.24, 2.45) is 0 Å². The normalized spacial score (nSPS) is 17.8. The minimum absolute atomic E-state index is 0.0677. The number of pyridine rings is 1. The predicted octanol–water partition coefficient (Wildman–Crippen LogP) is 2.59. The largest absolute Gasteiger partial charge is 0.335 e. The number of carbonyl (C=O) groups excluding carboxylic acids is 1. The first kappa shape index (κ1) is 16.0. The first-order valence-electron chi connectivity index (χ1n) is 9.10. The van der Waals surface area contributed by atoms with Crippen molar-refractivity contribution in [3.63, 3.8) is 0 Å². The lowest BCUT2D eigenvalue weighted by atomic mass is 10.0. The van der Waals surface area contributed by atoms with Crippen molar-refractivity contribution in [1.29, 1.82) is 0 Å². The summed E-state index contributed by atoms with van der Waals surface area (Å²) in [4.78, 5) is 27.6. The molecule has 0 unspecified atom stereocenters. The summed E-state index contributed by atoms with van der Waals surface area (Å²) in [7, 11) is 0. The zero-order chi connectivity index (χ0) is 17.1. The van der Waals surface area contributed by atoms with Crippen LogP contribution in [0.3, 0.4) is 0 Å². The molecule has 1 N–H and O–H groups in total. The van der Waals surface area contributed by atoms with Gasteiger partial charge in [0, 0.05) is 54.8 Å². The first-order chi connectivity index (χ1) is 12.3. The first-order valence-corrected chi connectivity index (χ1v) is 9.10. The second-order valence-corrected chi connectivity index (χ2v) is 6.80. The summed E-state index contributed by atoms with van der Waals surface area (Å²) < 4.78 is 0. The van der Waals surface area contributed by atoms with Crippen molar-refractivity contribution in [1.82, 2.24) is 25.2 Å². The van der Waals surface area contributed by atoms with Gasteiger partial charge in [-0.15, -0.1) is 0 Å². The van der Waals surface area contributed by atoms with Crippen molar-refractivity contribution in [2.75, 3.05) is 13.1 Å². The van der Waals surface area contributed by atoms with Crippen LogP contribution >= 0.6 is 0 Å². The van der Waals surface area contributed by atoms with E-state index in [9.17, 15) is 4.79 Å². The van der Waals surface area contributed by atoms with Crippen molar-refractivity contribution in [2.45, 2.75) is 44.6 Å². The molecule has 130 valence electrons. The molecule has 2 aromatic rings. The van der Waals surface area contributed by atoms with E-state index in [-0.39, 0.29) is 6.03 Å². The number of carbonyl (C=O) groups is 1. The molecule has 6 heteroatoms. The van der Waals surface area contributed by atoms with Gasteiger partial charge in [-0.05, 0) is 31.4 Å². The Hall–Kier alpha value is -2.50. The second-order valence-electron chi connectivity index (χ2n) is 6.80. The SMILES string of the molecule is O=C(NC1CCCC1)N1CCc2ncnc(-c3ccncc3)c2CC1. The molecule has 0 radical (unpaired) electrons. The Kier molecular flexibility index (Phi) is 4.59. The fraction of sp³-hybridized carbons (Fsp3) is 0.474. The number of amides is 2. The van der Waals surface area contributed by atoms with Gasteiger partial charge in [-0.3, -0.25) is 4.98 Å². The minimum atomic E-state index is 0.0677. The number of hydrogen-bond donors (Lipinski definition) is 1. The molecule has 1 aliphatic heterocycles. The summed E-state index contributed by atoms with van der Waals surface area (Å²) in [5.41, 5.74) is 4.23. The zero-order valence-electron chi connectivity index (χ0n) is 14.3. The van der Waals surface area contributed by atoms with E-state index in [0.717, 1.165) is 48.2 Å². The third-order valence-electron chi connectivity index (χ3n) is 5.21. The van der Waals surface area contributed by atoms with Crippen LogP contribution in [0.15, 0.2) is 30.9 Å². The monoisotopic (exact) mass is 337 g/mol. The van der Waals surface area contributed by atoms with Gasteiger partial charge in [-0.25, -0.2) is 14.8 Å². The Bertz CT molecular complexity index is 743. The van der Waals surface area contributed by atoms with Crippen LogP contribution in [0.4, 0.5) is 4.79 Å². The standard InChI is InChI=1S/C19H23N5O/c25-19(23-15-3-1-2-4-15)24-11-7-16-17(8-12-24)21-13-22-18(16)14-5-9-20-10-6-14/h5-6,9-10,13,15H,1-4,7-8,11-12H2,(H,23,25). The maximum absolute atomic E-state index is 12.6. The molecule has 25 heavy (non-hydrogen) atoms. The molecule has 0 spiro atoms. The van der Waals surface area contributed by atoms with Crippen LogP contribution in [0.25, 0.3) is 11.3 Å². The Morgan fingerprint density at radius 3 is 2.64 bits per heavy atom. The molecule has 0 aromatic carbocycles. The topological polar surface area (TPSA) is 71.0 Å². The Labute approximate surface area is 147 Å². The molecule has 0 saturated heterocycles. The number of urea groups is 1. The van der Waals surface area contributed by atoms with E-state index < -0.39 is 0 Å². The number of aromatic nitrogens is 3. The minimum Gasteiger partial charge on any atom is -0.335 e. The molecular formula is C19H23N5O. The van der Waals surface area contributed by atoms with Gasteiger partial charge in [-0.2, -0.15) is 0 Å². The smallest absolute Gasteiger partial charge is 0.317 e. The lowest BCUT2D eigenvalue weighted by Gasteiger charge is -2.23. The van der Waals surface area contributed by atoms with E-state index >= 15 is 0 Å². The van der Waals surface area contributed by atoms with Crippen LogP contribution in [-0.2, 0) is 12.8 Å². The summed E-state index contributed by atoms with van der Waals surface area (Å²) in [5, 5.41) is 3.19. The molecule has 1 aliphatic carbocycles.